The summed E-state index contributed by atoms with van der Waals surface area (Å²) >= 11 is 2.01. The molecule has 0 aliphatic carbocycles. The molecule has 2 rings (SSSR count). The third-order valence-corrected chi connectivity index (χ3v) is 4.37. The van der Waals surface area contributed by atoms with Crippen molar-refractivity contribution in [1.82, 2.24) is 5.32 Å². The van der Waals surface area contributed by atoms with Crippen LogP contribution in [0.1, 0.15) is 24.0 Å². The van der Waals surface area contributed by atoms with Gasteiger partial charge in [-0.3, -0.25) is 0 Å². The van der Waals surface area contributed by atoms with Gasteiger partial charge in [0.15, 0.2) is 0 Å². The van der Waals surface area contributed by atoms with Crippen LogP contribution in [0, 0.1) is 11.3 Å². The highest BCUT2D eigenvalue weighted by Gasteiger charge is 2.14. The first-order valence-corrected chi connectivity index (χ1v) is 7.37. The minimum atomic E-state index is 0.583. The molecule has 1 saturated heterocycles. The maximum absolute atomic E-state index is 8.93. The smallest absolute Gasteiger partial charge is 0.123 e. The van der Waals surface area contributed by atoms with Crippen LogP contribution >= 0.6 is 11.8 Å². The summed E-state index contributed by atoms with van der Waals surface area (Å²) in [6, 6.07) is 8.31. The number of methoxy groups -OCH3 is 1. The standard InChI is InChI=1S/C14H18N2OS/c1-17-14-5-4-11(8-15)7-12(14)9-16-13-3-2-6-18-10-13/h4-5,7,13,16H,2-3,6,9-10H2,1H3. The minimum Gasteiger partial charge on any atom is -0.496 e. The molecule has 0 aromatic heterocycles. The Bertz CT molecular complexity index is 436. The molecular weight excluding hydrogens is 244 g/mol. The lowest BCUT2D eigenvalue weighted by atomic mass is 10.1. The van der Waals surface area contributed by atoms with Crippen LogP contribution in [0.4, 0.5) is 0 Å². The molecule has 0 saturated carbocycles. The normalized spacial score (nSPS) is 19.2. The molecule has 96 valence electrons. The number of rotatable bonds is 4. The van der Waals surface area contributed by atoms with E-state index in [4.69, 9.17) is 10.00 Å². The predicted octanol–water partition coefficient (Wildman–Crippen LogP) is 2.55. The summed E-state index contributed by atoms with van der Waals surface area (Å²) in [7, 11) is 1.67. The molecule has 4 heteroatoms. The first kappa shape index (κ1) is 13.3. The Morgan fingerprint density at radius 3 is 3.11 bits per heavy atom. The van der Waals surface area contributed by atoms with Crippen LogP contribution < -0.4 is 10.1 Å². The van der Waals surface area contributed by atoms with Crippen LogP contribution in [0.25, 0.3) is 0 Å². The second-order valence-corrected chi connectivity index (χ2v) is 5.58. The molecule has 1 unspecified atom stereocenters. The van der Waals surface area contributed by atoms with Crippen molar-refractivity contribution in [2.75, 3.05) is 18.6 Å². The monoisotopic (exact) mass is 262 g/mol. The van der Waals surface area contributed by atoms with Gasteiger partial charge >= 0.3 is 0 Å². The summed E-state index contributed by atoms with van der Waals surface area (Å²) < 4.78 is 5.33. The molecule has 18 heavy (non-hydrogen) atoms. The highest BCUT2D eigenvalue weighted by atomic mass is 32.2. The molecule has 0 spiro atoms. The lowest BCUT2D eigenvalue weighted by molar-refractivity contribution is 0.404. The second kappa shape index (κ2) is 6.67. The number of hydrogen-bond acceptors (Lipinski definition) is 4. The van der Waals surface area contributed by atoms with Crippen LogP contribution in [0.15, 0.2) is 18.2 Å². The van der Waals surface area contributed by atoms with Gasteiger partial charge in [0, 0.05) is 23.9 Å². The zero-order valence-corrected chi connectivity index (χ0v) is 11.4. The molecule has 1 aromatic rings. The van der Waals surface area contributed by atoms with Gasteiger partial charge in [0.1, 0.15) is 5.75 Å². The van der Waals surface area contributed by atoms with Gasteiger partial charge in [0.2, 0.25) is 0 Å². The zero-order chi connectivity index (χ0) is 12.8. The fourth-order valence-electron chi connectivity index (χ4n) is 2.14. The molecule has 1 heterocycles. The van der Waals surface area contributed by atoms with E-state index in [2.05, 4.69) is 11.4 Å². The van der Waals surface area contributed by atoms with Crippen LogP contribution in [0.3, 0.4) is 0 Å². The van der Waals surface area contributed by atoms with E-state index < -0.39 is 0 Å². The third-order valence-electron chi connectivity index (χ3n) is 3.15. The summed E-state index contributed by atoms with van der Waals surface area (Å²) in [6.07, 6.45) is 2.53. The van der Waals surface area contributed by atoms with E-state index in [9.17, 15) is 0 Å². The van der Waals surface area contributed by atoms with Crippen molar-refractivity contribution in [3.05, 3.63) is 29.3 Å². The minimum absolute atomic E-state index is 0.583. The molecule has 1 aromatic carbocycles. The van der Waals surface area contributed by atoms with Crippen LogP contribution in [-0.4, -0.2) is 24.7 Å². The second-order valence-electron chi connectivity index (χ2n) is 4.43. The molecule has 0 bridgehead atoms. The summed E-state index contributed by atoms with van der Waals surface area (Å²) in [5.74, 6) is 3.32. The lowest BCUT2D eigenvalue weighted by Gasteiger charge is -2.23. The lowest BCUT2D eigenvalue weighted by Crippen LogP contribution is -2.33. The molecule has 0 radical (unpaired) electrons. The van der Waals surface area contributed by atoms with Gasteiger partial charge < -0.3 is 10.1 Å². The third kappa shape index (κ3) is 3.41. The van der Waals surface area contributed by atoms with E-state index in [1.54, 1.807) is 13.2 Å². The van der Waals surface area contributed by atoms with E-state index in [0.717, 1.165) is 17.9 Å². The average Bonchev–Trinajstić information content (AvgIpc) is 2.45. The summed E-state index contributed by atoms with van der Waals surface area (Å²) in [4.78, 5) is 0. The highest BCUT2D eigenvalue weighted by molar-refractivity contribution is 7.99. The van der Waals surface area contributed by atoms with Gasteiger partial charge in [0.25, 0.3) is 0 Å². The van der Waals surface area contributed by atoms with Gasteiger partial charge in [-0.2, -0.15) is 17.0 Å². The maximum Gasteiger partial charge on any atom is 0.123 e. The molecule has 1 atom stereocenters. The van der Waals surface area contributed by atoms with Crippen molar-refractivity contribution < 1.29 is 4.74 Å². The number of nitrogens with one attached hydrogen (secondary N) is 1. The Kier molecular flexibility index (Phi) is 4.91. The van der Waals surface area contributed by atoms with Crippen molar-refractivity contribution in [2.24, 2.45) is 0 Å². The van der Waals surface area contributed by atoms with Crippen LogP contribution in [0.2, 0.25) is 0 Å². The predicted molar refractivity (Wildman–Crippen MR) is 74.9 cm³/mol. The van der Waals surface area contributed by atoms with Crippen LogP contribution in [0.5, 0.6) is 5.75 Å². The number of ether oxygens (including phenoxy) is 1. The molecule has 1 N–H and O–H groups in total. The molecule has 1 fully saturated rings. The summed E-state index contributed by atoms with van der Waals surface area (Å²) in [6.45, 7) is 0.768. The van der Waals surface area contributed by atoms with Crippen molar-refractivity contribution in [3.8, 4) is 11.8 Å². The Hall–Kier alpha value is -1.18. The topological polar surface area (TPSA) is 45.0 Å². The Labute approximate surface area is 113 Å². The van der Waals surface area contributed by atoms with E-state index in [1.165, 1.54) is 24.3 Å². The SMILES string of the molecule is COc1ccc(C#N)cc1CNC1CCCSC1. The first-order valence-electron chi connectivity index (χ1n) is 6.21. The van der Waals surface area contributed by atoms with Gasteiger partial charge in [-0.25, -0.2) is 0 Å². The highest BCUT2D eigenvalue weighted by Crippen LogP contribution is 2.21. The van der Waals surface area contributed by atoms with E-state index >= 15 is 0 Å². The fourth-order valence-corrected chi connectivity index (χ4v) is 3.25. The summed E-state index contributed by atoms with van der Waals surface area (Å²) in [5.41, 5.74) is 1.75. The quantitative estimate of drug-likeness (QED) is 0.905. The number of thioether (sulfide) groups is 1. The molecule has 1 aliphatic rings. The van der Waals surface area contributed by atoms with E-state index in [0.29, 0.717) is 11.6 Å². The van der Waals surface area contributed by atoms with Crippen molar-refractivity contribution in [2.45, 2.75) is 25.4 Å². The Morgan fingerprint density at radius 1 is 1.56 bits per heavy atom. The number of nitriles is 1. The Balaban J connectivity index is 2.00. The zero-order valence-electron chi connectivity index (χ0n) is 10.6. The number of hydrogen-bond donors (Lipinski definition) is 1. The fraction of sp³-hybridized carbons (Fsp3) is 0.500. The average molecular weight is 262 g/mol. The molecule has 0 amide bonds. The molecular formula is C14H18N2OS. The number of benzene rings is 1. The van der Waals surface area contributed by atoms with Crippen LogP contribution in [-0.2, 0) is 6.54 Å². The van der Waals surface area contributed by atoms with E-state index in [1.807, 2.05) is 23.9 Å². The van der Waals surface area contributed by atoms with Gasteiger partial charge in [-0.05, 0) is 36.8 Å². The largest absolute Gasteiger partial charge is 0.496 e. The number of nitrogens with zero attached hydrogens (tertiary/aromatic N) is 1. The Morgan fingerprint density at radius 2 is 2.44 bits per heavy atom. The van der Waals surface area contributed by atoms with Gasteiger partial charge in [0.05, 0.1) is 18.7 Å². The van der Waals surface area contributed by atoms with Crippen molar-refractivity contribution in [3.63, 3.8) is 0 Å². The molecule has 3 nitrogen and oxygen atoms in total. The summed E-state index contributed by atoms with van der Waals surface area (Å²) in [5, 5.41) is 12.5. The first-order chi connectivity index (χ1) is 8.83. The van der Waals surface area contributed by atoms with E-state index in [-0.39, 0.29) is 0 Å². The maximum atomic E-state index is 8.93. The van der Waals surface area contributed by atoms with Crippen molar-refractivity contribution in [1.29, 1.82) is 5.26 Å². The van der Waals surface area contributed by atoms with Gasteiger partial charge in [-0.1, -0.05) is 0 Å². The van der Waals surface area contributed by atoms with Crippen molar-refractivity contribution >= 4 is 11.8 Å². The van der Waals surface area contributed by atoms with Gasteiger partial charge in [-0.15, -0.1) is 0 Å². The molecule has 1 aliphatic heterocycles.